The molecule has 6 nitrogen and oxygen atoms in total. The Morgan fingerprint density at radius 2 is 1.87 bits per heavy atom. The van der Waals surface area contributed by atoms with Gasteiger partial charge >= 0.3 is 0 Å². The Morgan fingerprint density at radius 3 is 2.52 bits per heavy atom. The van der Waals surface area contributed by atoms with Crippen molar-refractivity contribution >= 4 is 17.5 Å². The second-order valence-corrected chi connectivity index (χ2v) is 4.87. The molecular weight excluding hydrogens is 296 g/mol. The monoisotopic (exact) mass is 314 g/mol. The highest BCUT2D eigenvalue weighted by atomic mass is 16.5. The molecule has 23 heavy (non-hydrogen) atoms. The van der Waals surface area contributed by atoms with Crippen molar-refractivity contribution in [2.24, 2.45) is 5.73 Å². The van der Waals surface area contributed by atoms with Crippen LogP contribution in [0.1, 0.15) is 15.9 Å². The molecule has 2 amide bonds. The lowest BCUT2D eigenvalue weighted by Crippen LogP contribution is -2.20. The van der Waals surface area contributed by atoms with E-state index in [9.17, 15) is 9.59 Å². The Morgan fingerprint density at radius 1 is 1.13 bits per heavy atom. The van der Waals surface area contributed by atoms with Gasteiger partial charge in [-0.15, -0.1) is 0 Å². The van der Waals surface area contributed by atoms with E-state index < -0.39 is 5.91 Å². The molecule has 6 heteroatoms. The standard InChI is InChI=1S/C17H18N2O4/c1-22-10-12-3-2-4-13(9-12)17(21)19-14-5-7-15(8-6-14)23-11-16(18)20/h2-9H,10-11H2,1H3,(H2,18,20)(H,19,21). The molecule has 2 aromatic carbocycles. The van der Waals surface area contributed by atoms with Crippen molar-refractivity contribution in [3.8, 4) is 5.75 Å². The number of rotatable bonds is 7. The van der Waals surface area contributed by atoms with E-state index in [4.69, 9.17) is 15.2 Å². The first-order valence-corrected chi connectivity index (χ1v) is 6.99. The maximum absolute atomic E-state index is 12.2. The molecule has 0 aliphatic heterocycles. The Hall–Kier alpha value is -2.86. The van der Waals surface area contributed by atoms with Gasteiger partial charge in [0.15, 0.2) is 6.61 Å². The fraction of sp³-hybridized carbons (Fsp3) is 0.176. The zero-order valence-corrected chi connectivity index (χ0v) is 12.7. The third kappa shape index (κ3) is 5.12. The second-order valence-electron chi connectivity index (χ2n) is 4.87. The zero-order chi connectivity index (χ0) is 16.7. The first-order chi connectivity index (χ1) is 11.1. The van der Waals surface area contributed by atoms with Crippen LogP contribution in [0.4, 0.5) is 5.69 Å². The molecule has 0 saturated heterocycles. The molecule has 2 rings (SSSR count). The zero-order valence-electron chi connectivity index (χ0n) is 12.7. The maximum atomic E-state index is 12.2. The van der Waals surface area contributed by atoms with Crippen molar-refractivity contribution in [3.63, 3.8) is 0 Å². The van der Waals surface area contributed by atoms with Gasteiger partial charge in [0.25, 0.3) is 11.8 Å². The third-order valence-corrected chi connectivity index (χ3v) is 2.99. The van der Waals surface area contributed by atoms with Crippen LogP contribution in [-0.4, -0.2) is 25.5 Å². The summed E-state index contributed by atoms with van der Waals surface area (Å²) in [5.74, 6) is -0.254. The van der Waals surface area contributed by atoms with Crippen LogP contribution in [0, 0.1) is 0 Å². The van der Waals surface area contributed by atoms with Gasteiger partial charge in [0.1, 0.15) is 5.75 Å². The number of carbonyl (C=O) groups is 2. The SMILES string of the molecule is COCc1cccc(C(=O)Nc2ccc(OCC(N)=O)cc2)c1. The maximum Gasteiger partial charge on any atom is 0.255 e. The summed E-state index contributed by atoms with van der Waals surface area (Å²) in [4.78, 5) is 22.9. The van der Waals surface area contributed by atoms with Gasteiger partial charge in [-0.25, -0.2) is 0 Å². The van der Waals surface area contributed by atoms with Crippen molar-refractivity contribution in [3.05, 3.63) is 59.7 Å². The number of ether oxygens (including phenoxy) is 2. The minimum atomic E-state index is -0.543. The average molecular weight is 314 g/mol. The summed E-state index contributed by atoms with van der Waals surface area (Å²) in [6, 6.07) is 13.9. The van der Waals surface area contributed by atoms with Crippen LogP contribution in [0.25, 0.3) is 0 Å². The number of carbonyl (C=O) groups excluding carboxylic acids is 2. The number of nitrogens with one attached hydrogen (secondary N) is 1. The summed E-state index contributed by atoms with van der Waals surface area (Å²) < 4.78 is 10.2. The lowest BCUT2D eigenvalue weighted by molar-refractivity contribution is -0.119. The van der Waals surface area contributed by atoms with Gasteiger partial charge in [0, 0.05) is 18.4 Å². The number of benzene rings is 2. The number of nitrogens with two attached hydrogens (primary N) is 1. The van der Waals surface area contributed by atoms with Gasteiger partial charge in [-0.3, -0.25) is 9.59 Å². The van der Waals surface area contributed by atoms with Crippen LogP contribution in [-0.2, 0) is 16.1 Å². The molecule has 0 spiro atoms. The molecule has 0 bridgehead atoms. The van der Waals surface area contributed by atoms with E-state index in [0.29, 0.717) is 23.6 Å². The van der Waals surface area contributed by atoms with Gasteiger partial charge in [-0.2, -0.15) is 0 Å². The van der Waals surface area contributed by atoms with Gasteiger partial charge < -0.3 is 20.5 Å². The van der Waals surface area contributed by atoms with E-state index in [1.54, 1.807) is 43.5 Å². The van der Waals surface area contributed by atoms with E-state index in [-0.39, 0.29) is 12.5 Å². The van der Waals surface area contributed by atoms with E-state index in [0.717, 1.165) is 5.56 Å². The summed E-state index contributed by atoms with van der Waals surface area (Å²) in [5.41, 5.74) is 7.10. The average Bonchev–Trinajstić information content (AvgIpc) is 2.55. The number of primary amides is 1. The lowest BCUT2D eigenvalue weighted by atomic mass is 10.1. The fourth-order valence-electron chi connectivity index (χ4n) is 1.96. The molecule has 0 saturated carbocycles. The number of amides is 2. The number of anilines is 1. The Labute approximate surface area is 134 Å². The largest absolute Gasteiger partial charge is 0.484 e. The molecule has 2 aromatic rings. The predicted octanol–water partition coefficient (Wildman–Crippen LogP) is 1.95. The number of hydrogen-bond acceptors (Lipinski definition) is 4. The van der Waals surface area contributed by atoms with E-state index in [2.05, 4.69) is 5.32 Å². The molecule has 0 aromatic heterocycles. The van der Waals surface area contributed by atoms with Gasteiger partial charge in [-0.1, -0.05) is 12.1 Å². The molecule has 0 unspecified atom stereocenters. The van der Waals surface area contributed by atoms with Crippen LogP contribution in [0.5, 0.6) is 5.75 Å². The van der Waals surface area contributed by atoms with Crippen molar-refractivity contribution in [2.75, 3.05) is 19.0 Å². The molecule has 3 N–H and O–H groups in total. The van der Waals surface area contributed by atoms with Crippen LogP contribution in [0.15, 0.2) is 48.5 Å². The van der Waals surface area contributed by atoms with Crippen molar-refractivity contribution < 1.29 is 19.1 Å². The van der Waals surface area contributed by atoms with Crippen LogP contribution >= 0.6 is 0 Å². The summed E-state index contributed by atoms with van der Waals surface area (Å²) >= 11 is 0. The highest BCUT2D eigenvalue weighted by Gasteiger charge is 2.07. The smallest absolute Gasteiger partial charge is 0.255 e. The molecule has 0 fully saturated rings. The van der Waals surface area contributed by atoms with Gasteiger partial charge in [0.2, 0.25) is 0 Å². The predicted molar refractivity (Wildman–Crippen MR) is 86.2 cm³/mol. The van der Waals surface area contributed by atoms with Crippen molar-refractivity contribution in [1.82, 2.24) is 0 Å². The van der Waals surface area contributed by atoms with Crippen LogP contribution in [0.2, 0.25) is 0 Å². The van der Waals surface area contributed by atoms with E-state index >= 15 is 0 Å². The van der Waals surface area contributed by atoms with Gasteiger partial charge in [-0.05, 0) is 42.0 Å². The first-order valence-electron chi connectivity index (χ1n) is 6.99. The van der Waals surface area contributed by atoms with Crippen LogP contribution in [0.3, 0.4) is 0 Å². The topological polar surface area (TPSA) is 90.7 Å². The quantitative estimate of drug-likeness (QED) is 0.817. The molecule has 0 radical (unpaired) electrons. The molecule has 120 valence electrons. The number of hydrogen-bond donors (Lipinski definition) is 2. The highest BCUT2D eigenvalue weighted by molar-refractivity contribution is 6.04. The van der Waals surface area contributed by atoms with E-state index in [1.807, 2.05) is 12.1 Å². The molecular formula is C17H18N2O4. The van der Waals surface area contributed by atoms with Crippen molar-refractivity contribution in [2.45, 2.75) is 6.61 Å². The van der Waals surface area contributed by atoms with Crippen LogP contribution < -0.4 is 15.8 Å². The summed E-state index contributed by atoms with van der Waals surface area (Å²) in [5, 5.41) is 2.79. The molecule has 0 aliphatic rings. The lowest BCUT2D eigenvalue weighted by Gasteiger charge is -2.08. The second kappa shape index (κ2) is 7.95. The molecule has 0 aliphatic carbocycles. The molecule has 0 atom stereocenters. The van der Waals surface area contributed by atoms with E-state index in [1.165, 1.54) is 0 Å². The summed E-state index contributed by atoms with van der Waals surface area (Å²) in [6.07, 6.45) is 0. The number of methoxy groups -OCH3 is 1. The van der Waals surface area contributed by atoms with Gasteiger partial charge in [0.05, 0.1) is 6.61 Å². The highest BCUT2D eigenvalue weighted by Crippen LogP contribution is 2.17. The Bertz CT molecular complexity index is 683. The molecule has 0 heterocycles. The summed E-state index contributed by atoms with van der Waals surface area (Å²) in [7, 11) is 1.61. The minimum Gasteiger partial charge on any atom is -0.484 e. The first kappa shape index (κ1) is 16.5. The van der Waals surface area contributed by atoms with Crippen molar-refractivity contribution in [1.29, 1.82) is 0 Å². The third-order valence-electron chi connectivity index (χ3n) is 2.99. The minimum absolute atomic E-state index is 0.183. The Balaban J connectivity index is 1.99. The Kier molecular flexibility index (Phi) is 5.71. The normalized spacial score (nSPS) is 10.1. The summed E-state index contributed by atoms with van der Waals surface area (Å²) in [6.45, 7) is 0.269. The fourth-order valence-corrected chi connectivity index (χ4v) is 1.96.